The molecule has 0 saturated carbocycles. The van der Waals surface area contributed by atoms with Crippen molar-refractivity contribution < 1.29 is 44.7 Å². The second-order valence-corrected chi connectivity index (χ2v) is 7.51. The predicted octanol–water partition coefficient (Wildman–Crippen LogP) is 3.28. The minimum Gasteiger partial charge on any atom is -0.449 e. The van der Waals surface area contributed by atoms with E-state index in [1.165, 1.54) is 0 Å². The van der Waals surface area contributed by atoms with Crippen LogP contribution in [0.5, 0.6) is 0 Å². The van der Waals surface area contributed by atoms with Crippen LogP contribution in [0.25, 0.3) is 0 Å². The maximum Gasteiger partial charge on any atom is 0.341 e. The van der Waals surface area contributed by atoms with Crippen molar-refractivity contribution in [3.05, 3.63) is 59.4 Å². The van der Waals surface area contributed by atoms with Gasteiger partial charge in [0.25, 0.3) is 5.91 Å². The molecule has 0 spiro atoms. The maximum atomic E-state index is 13.6. The van der Waals surface area contributed by atoms with Gasteiger partial charge in [0.1, 0.15) is 0 Å². The number of anilines is 1. The molecular formula is C17H12F5NO5S. The van der Waals surface area contributed by atoms with Gasteiger partial charge in [-0.15, -0.1) is 0 Å². The first-order valence-electron chi connectivity index (χ1n) is 7.72. The molecule has 0 radical (unpaired) electrons. The van der Waals surface area contributed by atoms with Gasteiger partial charge in [-0.25, -0.2) is 26.4 Å². The zero-order chi connectivity index (χ0) is 21.9. The number of amides is 1. The lowest BCUT2D eigenvalue weighted by atomic mass is 10.2. The first-order chi connectivity index (χ1) is 13.4. The van der Waals surface area contributed by atoms with E-state index in [1.54, 1.807) is 0 Å². The standard InChI is InChI=1S/C17H12F5NO5S/c1-8(15(24)23-12-7-6-11(18)13(19)14(12)20)28-16(25)9-2-4-10(5-3-9)29(26,27)17(21)22/h2-8,17H,1H3,(H,23,24). The van der Waals surface area contributed by atoms with Gasteiger partial charge < -0.3 is 10.1 Å². The average Bonchev–Trinajstić information content (AvgIpc) is 2.68. The minimum absolute atomic E-state index is 0.253. The zero-order valence-corrected chi connectivity index (χ0v) is 15.3. The Balaban J connectivity index is 2.07. The van der Waals surface area contributed by atoms with Crippen LogP contribution in [0.3, 0.4) is 0 Å². The van der Waals surface area contributed by atoms with Crippen molar-refractivity contribution in [3.8, 4) is 0 Å². The van der Waals surface area contributed by atoms with E-state index in [-0.39, 0.29) is 5.56 Å². The van der Waals surface area contributed by atoms with Crippen LogP contribution in [0, 0.1) is 17.5 Å². The molecule has 29 heavy (non-hydrogen) atoms. The molecule has 1 N–H and O–H groups in total. The first kappa shape index (κ1) is 22.3. The van der Waals surface area contributed by atoms with Gasteiger partial charge in [-0.3, -0.25) is 4.79 Å². The first-order valence-corrected chi connectivity index (χ1v) is 9.27. The molecule has 0 aliphatic heterocycles. The molecule has 0 aliphatic carbocycles. The number of hydrogen-bond donors (Lipinski definition) is 1. The molecule has 0 aromatic heterocycles. The van der Waals surface area contributed by atoms with Crippen LogP contribution in [0.1, 0.15) is 17.3 Å². The molecule has 6 nitrogen and oxygen atoms in total. The van der Waals surface area contributed by atoms with Gasteiger partial charge in [-0.05, 0) is 43.3 Å². The SMILES string of the molecule is CC(OC(=O)c1ccc(S(=O)(=O)C(F)F)cc1)C(=O)Nc1ccc(F)c(F)c1F. The third-order valence-corrected chi connectivity index (χ3v) is 5.00. The highest BCUT2D eigenvalue weighted by molar-refractivity contribution is 7.91. The van der Waals surface area contributed by atoms with E-state index in [0.29, 0.717) is 6.07 Å². The number of rotatable bonds is 6. The molecule has 2 aromatic carbocycles. The van der Waals surface area contributed by atoms with Crippen molar-refractivity contribution in [2.75, 3.05) is 5.32 Å². The fraction of sp³-hybridized carbons (Fsp3) is 0.176. The van der Waals surface area contributed by atoms with Crippen LogP contribution >= 0.6 is 0 Å². The Bertz CT molecular complexity index is 1040. The summed E-state index contributed by atoms with van der Waals surface area (Å²) in [5.41, 5.74) is -0.935. The van der Waals surface area contributed by atoms with E-state index in [4.69, 9.17) is 4.74 Å². The monoisotopic (exact) mass is 437 g/mol. The van der Waals surface area contributed by atoms with Gasteiger partial charge >= 0.3 is 11.7 Å². The average molecular weight is 437 g/mol. The fourth-order valence-electron chi connectivity index (χ4n) is 2.02. The van der Waals surface area contributed by atoms with Crippen LogP contribution in [-0.2, 0) is 19.4 Å². The summed E-state index contributed by atoms with van der Waals surface area (Å²) in [5.74, 6) is -10.7. The van der Waals surface area contributed by atoms with Crippen molar-refractivity contribution in [1.29, 1.82) is 0 Å². The number of hydrogen-bond acceptors (Lipinski definition) is 5. The van der Waals surface area contributed by atoms with Crippen molar-refractivity contribution in [2.45, 2.75) is 23.7 Å². The number of ether oxygens (including phenoxy) is 1. The number of alkyl halides is 2. The van der Waals surface area contributed by atoms with E-state index >= 15 is 0 Å². The predicted molar refractivity (Wildman–Crippen MR) is 89.5 cm³/mol. The van der Waals surface area contributed by atoms with Crippen LogP contribution in [0.4, 0.5) is 27.6 Å². The van der Waals surface area contributed by atoms with Gasteiger partial charge in [0.05, 0.1) is 16.1 Å². The summed E-state index contributed by atoms with van der Waals surface area (Å²) < 4.78 is 92.0. The number of esters is 1. The van der Waals surface area contributed by atoms with Crippen LogP contribution in [0.15, 0.2) is 41.3 Å². The van der Waals surface area contributed by atoms with Crippen molar-refractivity contribution in [3.63, 3.8) is 0 Å². The second-order valence-electron chi connectivity index (χ2n) is 5.59. The van der Waals surface area contributed by atoms with Gasteiger partial charge in [0, 0.05) is 0 Å². The van der Waals surface area contributed by atoms with E-state index in [2.05, 4.69) is 0 Å². The fourth-order valence-corrected chi connectivity index (χ4v) is 2.74. The summed E-state index contributed by atoms with van der Waals surface area (Å²) >= 11 is 0. The molecule has 1 amide bonds. The number of sulfone groups is 1. The summed E-state index contributed by atoms with van der Waals surface area (Å²) in [4.78, 5) is 23.2. The number of halogens is 5. The molecule has 1 unspecified atom stereocenters. The molecule has 2 aromatic rings. The van der Waals surface area contributed by atoms with E-state index in [1.807, 2.05) is 5.32 Å². The molecule has 156 valence electrons. The van der Waals surface area contributed by atoms with Crippen LogP contribution in [-0.4, -0.2) is 32.2 Å². The van der Waals surface area contributed by atoms with Crippen molar-refractivity contribution in [1.82, 2.24) is 0 Å². The lowest BCUT2D eigenvalue weighted by Crippen LogP contribution is -2.30. The Morgan fingerprint density at radius 3 is 2.10 bits per heavy atom. The van der Waals surface area contributed by atoms with E-state index < -0.39 is 61.6 Å². The lowest BCUT2D eigenvalue weighted by molar-refractivity contribution is -0.123. The van der Waals surface area contributed by atoms with Gasteiger partial charge in [0.15, 0.2) is 23.6 Å². The highest BCUT2D eigenvalue weighted by Gasteiger charge is 2.27. The Morgan fingerprint density at radius 1 is 0.966 bits per heavy atom. The zero-order valence-electron chi connectivity index (χ0n) is 14.5. The van der Waals surface area contributed by atoms with Gasteiger partial charge in [-0.1, -0.05) is 0 Å². The Hall–Kier alpha value is -3.02. The second kappa shape index (κ2) is 8.55. The van der Waals surface area contributed by atoms with E-state index in [0.717, 1.165) is 37.3 Å². The van der Waals surface area contributed by atoms with E-state index in [9.17, 15) is 40.0 Å². The number of nitrogens with one attached hydrogen (secondary N) is 1. The summed E-state index contributed by atoms with van der Waals surface area (Å²) in [7, 11) is -4.84. The molecule has 1 atom stereocenters. The summed E-state index contributed by atoms with van der Waals surface area (Å²) in [6.07, 6.45) is -1.51. The molecule has 0 fully saturated rings. The van der Waals surface area contributed by atoms with Crippen molar-refractivity contribution >= 4 is 27.4 Å². The Kier molecular flexibility index (Phi) is 6.57. The molecule has 2 rings (SSSR count). The third-order valence-electron chi connectivity index (χ3n) is 3.60. The molecule has 0 saturated heterocycles. The maximum absolute atomic E-state index is 13.6. The Labute approximate surface area is 161 Å². The topological polar surface area (TPSA) is 89.5 Å². The highest BCUT2D eigenvalue weighted by Crippen LogP contribution is 2.21. The summed E-state index contributed by atoms with van der Waals surface area (Å²) in [6.45, 7) is 1.10. The van der Waals surface area contributed by atoms with Gasteiger partial charge in [0.2, 0.25) is 9.84 Å². The number of carbonyl (C=O) groups excluding carboxylic acids is 2. The van der Waals surface area contributed by atoms with Crippen LogP contribution in [0.2, 0.25) is 0 Å². The number of carbonyl (C=O) groups is 2. The van der Waals surface area contributed by atoms with Crippen molar-refractivity contribution in [2.24, 2.45) is 0 Å². The highest BCUT2D eigenvalue weighted by atomic mass is 32.2. The Morgan fingerprint density at radius 2 is 1.55 bits per heavy atom. The summed E-state index contributed by atoms with van der Waals surface area (Å²) in [5, 5.41) is 1.92. The molecule has 0 aliphatic rings. The third kappa shape index (κ3) is 4.88. The number of benzene rings is 2. The largest absolute Gasteiger partial charge is 0.449 e. The smallest absolute Gasteiger partial charge is 0.341 e. The molecular weight excluding hydrogens is 425 g/mol. The lowest BCUT2D eigenvalue weighted by Gasteiger charge is -2.14. The van der Waals surface area contributed by atoms with Crippen LogP contribution < -0.4 is 5.32 Å². The molecule has 0 heterocycles. The van der Waals surface area contributed by atoms with Gasteiger partial charge in [-0.2, -0.15) is 8.78 Å². The normalized spacial score (nSPS) is 12.5. The minimum atomic E-state index is -4.84. The molecule has 12 heteroatoms. The quantitative estimate of drug-likeness (QED) is 0.426. The molecule has 0 bridgehead atoms. The summed E-state index contributed by atoms with van der Waals surface area (Å²) in [6, 6.07) is 4.68.